The number of rotatable bonds is 7. The molecule has 9 nitrogen and oxygen atoms in total. The van der Waals surface area contributed by atoms with Crippen LogP contribution < -0.4 is 10.1 Å². The second-order valence-electron chi connectivity index (χ2n) is 8.35. The van der Waals surface area contributed by atoms with Crippen LogP contribution >= 0.6 is 11.6 Å². The van der Waals surface area contributed by atoms with Gasteiger partial charge in [-0.15, -0.1) is 5.10 Å². The van der Waals surface area contributed by atoms with E-state index in [0.717, 1.165) is 16.9 Å². The predicted octanol–water partition coefficient (Wildman–Crippen LogP) is 4.06. The Bertz CT molecular complexity index is 1520. The average Bonchev–Trinajstić information content (AvgIpc) is 3.49. The highest BCUT2D eigenvalue weighted by Crippen LogP contribution is 2.39. The summed E-state index contributed by atoms with van der Waals surface area (Å²) in [4.78, 5) is 21.5. The van der Waals surface area contributed by atoms with Gasteiger partial charge in [-0.3, -0.25) is 4.79 Å². The number of anilines is 1. The van der Waals surface area contributed by atoms with E-state index >= 15 is 0 Å². The molecule has 0 saturated heterocycles. The summed E-state index contributed by atoms with van der Waals surface area (Å²) in [7, 11) is 0. The molecule has 1 saturated carbocycles. The number of aromatic nitrogens is 6. The Hall–Kier alpha value is -3.98. The first kappa shape index (κ1) is 20.6. The second-order valence-corrected chi connectivity index (χ2v) is 8.79. The number of amides is 1. The molecule has 1 aliphatic rings. The fraction of sp³-hybridized carbons (Fsp3) is 0.208. The van der Waals surface area contributed by atoms with Crippen LogP contribution in [0.25, 0.3) is 11.2 Å². The van der Waals surface area contributed by atoms with E-state index in [9.17, 15) is 4.79 Å². The summed E-state index contributed by atoms with van der Waals surface area (Å²) in [6.07, 6.45) is 11.7. The molecule has 170 valence electrons. The van der Waals surface area contributed by atoms with Crippen LogP contribution in [0.2, 0.25) is 5.02 Å². The number of nitrogens with zero attached hydrogens (tertiary/aromatic N) is 6. The van der Waals surface area contributed by atoms with Gasteiger partial charge >= 0.3 is 0 Å². The molecule has 5 aromatic rings. The lowest BCUT2D eigenvalue weighted by Gasteiger charge is -2.06. The van der Waals surface area contributed by atoms with Crippen molar-refractivity contribution >= 4 is 34.5 Å². The zero-order valence-corrected chi connectivity index (χ0v) is 18.8. The van der Waals surface area contributed by atoms with Crippen molar-refractivity contribution in [2.24, 2.45) is 0 Å². The Morgan fingerprint density at radius 1 is 1.18 bits per heavy atom. The normalized spacial score (nSPS) is 13.4. The Morgan fingerprint density at radius 3 is 2.97 bits per heavy atom. The van der Waals surface area contributed by atoms with Crippen molar-refractivity contribution in [3.05, 3.63) is 83.4 Å². The average molecular weight is 474 g/mol. The van der Waals surface area contributed by atoms with Crippen molar-refractivity contribution in [3.8, 4) is 5.75 Å². The van der Waals surface area contributed by atoms with Crippen molar-refractivity contribution in [1.29, 1.82) is 0 Å². The van der Waals surface area contributed by atoms with Crippen molar-refractivity contribution in [2.75, 3.05) is 5.32 Å². The minimum absolute atomic E-state index is 0.0771. The molecule has 0 radical (unpaired) electrons. The monoisotopic (exact) mass is 473 g/mol. The van der Waals surface area contributed by atoms with Gasteiger partial charge < -0.3 is 18.9 Å². The van der Waals surface area contributed by atoms with Crippen LogP contribution in [-0.4, -0.2) is 34.9 Å². The smallest absolute Gasteiger partial charge is 0.231 e. The fourth-order valence-electron chi connectivity index (χ4n) is 3.93. The van der Waals surface area contributed by atoms with Gasteiger partial charge in [0.15, 0.2) is 5.82 Å². The van der Waals surface area contributed by atoms with E-state index in [1.807, 2.05) is 21.1 Å². The van der Waals surface area contributed by atoms with Crippen LogP contribution in [-0.2, 0) is 17.8 Å². The molecular formula is C24H20ClN7O2. The highest BCUT2D eigenvalue weighted by Gasteiger charge is 2.23. The maximum Gasteiger partial charge on any atom is 0.231 e. The summed E-state index contributed by atoms with van der Waals surface area (Å²) in [6.45, 7) is 0.279. The number of imidazole rings is 2. The lowest BCUT2D eigenvalue weighted by molar-refractivity contribution is -0.115. The highest BCUT2D eigenvalue weighted by molar-refractivity contribution is 6.30. The van der Waals surface area contributed by atoms with Crippen LogP contribution in [0, 0.1) is 0 Å². The summed E-state index contributed by atoms with van der Waals surface area (Å²) in [5, 5.41) is 11.2. The first-order valence-corrected chi connectivity index (χ1v) is 11.3. The largest absolute Gasteiger partial charge is 0.485 e. The third kappa shape index (κ3) is 4.29. The van der Waals surface area contributed by atoms with Crippen molar-refractivity contribution < 1.29 is 9.53 Å². The third-order valence-corrected chi connectivity index (χ3v) is 6.00. The van der Waals surface area contributed by atoms with Gasteiger partial charge in [0, 0.05) is 29.7 Å². The van der Waals surface area contributed by atoms with Gasteiger partial charge in [-0.2, -0.15) is 5.10 Å². The van der Waals surface area contributed by atoms with Gasteiger partial charge in [0.25, 0.3) is 0 Å². The summed E-state index contributed by atoms with van der Waals surface area (Å²) in [5.41, 5.74) is 4.44. The zero-order chi connectivity index (χ0) is 23.1. The topological polar surface area (TPSA) is 98.7 Å². The molecule has 0 atom stereocenters. The zero-order valence-electron chi connectivity index (χ0n) is 18.1. The predicted molar refractivity (Wildman–Crippen MR) is 126 cm³/mol. The standard InChI is InChI=1S/C24H20ClN7O2/c25-17-5-6-31-14-26-20(21(31)7-17)9-24(33)29-22-8-19(10-27-30-22)34-13-18-12-32-11-16(15-1-2-15)3-4-23(32)28-18/h3-8,10-12,14-15H,1-2,9,13H2,(H,29,30,33). The minimum Gasteiger partial charge on any atom is -0.485 e. The SMILES string of the molecule is O=C(Cc1ncn2ccc(Cl)cc12)Nc1cc(OCc2cn3cc(C4CC4)ccc3n2)cnn1. The summed E-state index contributed by atoms with van der Waals surface area (Å²) in [6, 6.07) is 9.36. The molecule has 1 amide bonds. The molecule has 10 heteroatoms. The molecule has 0 aromatic carbocycles. The minimum atomic E-state index is -0.265. The molecule has 1 aliphatic carbocycles. The van der Waals surface area contributed by atoms with Crippen molar-refractivity contribution in [1.82, 2.24) is 29.0 Å². The van der Waals surface area contributed by atoms with E-state index in [1.165, 1.54) is 24.6 Å². The third-order valence-electron chi connectivity index (χ3n) is 5.76. The van der Waals surface area contributed by atoms with E-state index in [1.54, 1.807) is 30.7 Å². The van der Waals surface area contributed by atoms with Crippen LogP contribution in [0.3, 0.4) is 0 Å². The van der Waals surface area contributed by atoms with Crippen molar-refractivity contribution in [3.63, 3.8) is 0 Å². The Morgan fingerprint density at radius 2 is 2.09 bits per heavy atom. The Labute approximate surface area is 199 Å². The molecular weight excluding hydrogens is 454 g/mol. The first-order valence-electron chi connectivity index (χ1n) is 10.9. The molecule has 34 heavy (non-hydrogen) atoms. The Balaban J connectivity index is 1.10. The lowest BCUT2D eigenvalue weighted by Crippen LogP contribution is -2.16. The van der Waals surface area contributed by atoms with E-state index in [0.29, 0.717) is 28.2 Å². The maximum absolute atomic E-state index is 12.6. The number of fused-ring (bicyclic) bond motifs is 2. The van der Waals surface area contributed by atoms with Crippen molar-refractivity contribution in [2.45, 2.75) is 31.8 Å². The number of carbonyl (C=O) groups excluding carboxylic acids is 1. The molecule has 5 aromatic heterocycles. The highest BCUT2D eigenvalue weighted by atomic mass is 35.5. The maximum atomic E-state index is 12.6. The molecule has 6 rings (SSSR count). The Kier molecular flexibility index (Phi) is 5.10. The number of carbonyl (C=O) groups is 1. The number of nitrogens with one attached hydrogen (secondary N) is 1. The second kappa shape index (κ2) is 8.42. The number of halogens is 1. The van der Waals surface area contributed by atoms with Gasteiger partial charge in [0.1, 0.15) is 18.0 Å². The van der Waals surface area contributed by atoms with E-state index in [4.69, 9.17) is 16.3 Å². The van der Waals surface area contributed by atoms with Crippen LogP contribution in [0.1, 0.15) is 35.7 Å². The summed E-state index contributed by atoms with van der Waals surface area (Å²) in [5.74, 6) is 1.21. The molecule has 0 bridgehead atoms. The molecule has 1 fully saturated rings. The molecule has 0 spiro atoms. The molecule has 0 aliphatic heterocycles. The van der Waals surface area contributed by atoms with Gasteiger partial charge in [-0.1, -0.05) is 17.7 Å². The fourth-order valence-corrected chi connectivity index (χ4v) is 4.09. The number of pyridine rings is 2. The van der Waals surface area contributed by atoms with Gasteiger partial charge in [-0.05, 0) is 42.5 Å². The quantitative estimate of drug-likeness (QED) is 0.382. The summed E-state index contributed by atoms with van der Waals surface area (Å²) < 4.78 is 9.70. The van der Waals surface area contributed by atoms with Gasteiger partial charge in [0.05, 0.1) is 35.8 Å². The van der Waals surface area contributed by atoms with Gasteiger partial charge in [0.2, 0.25) is 5.91 Å². The van der Waals surface area contributed by atoms with Crippen LogP contribution in [0.5, 0.6) is 5.75 Å². The number of hydrogen-bond acceptors (Lipinski definition) is 6. The molecule has 0 unspecified atom stereocenters. The van der Waals surface area contributed by atoms with E-state index in [2.05, 4.69) is 37.7 Å². The van der Waals surface area contributed by atoms with Crippen LogP contribution in [0.15, 0.2) is 61.4 Å². The van der Waals surface area contributed by atoms with Crippen LogP contribution in [0.4, 0.5) is 5.82 Å². The van der Waals surface area contributed by atoms with E-state index in [-0.39, 0.29) is 18.9 Å². The number of ether oxygens (including phenoxy) is 1. The van der Waals surface area contributed by atoms with Gasteiger partial charge in [-0.25, -0.2) is 9.97 Å². The lowest BCUT2D eigenvalue weighted by atomic mass is 10.2. The summed E-state index contributed by atoms with van der Waals surface area (Å²) >= 11 is 6.07. The molecule has 1 N–H and O–H groups in total. The first-order chi connectivity index (χ1) is 16.6. The number of hydrogen-bond donors (Lipinski definition) is 1. The molecule has 5 heterocycles. The van der Waals surface area contributed by atoms with E-state index < -0.39 is 0 Å².